The van der Waals surface area contributed by atoms with Crippen LogP contribution in [-0.2, 0) is 12.8 Å². The molecule has 0 aromatic carbocycles. The van der Waals surface area contributed by atoms with Gasteiger partial charge in [-0.3, -0.25) is 4.98 Å². The summed E-state index contributed by atoms with van der Waals surface area (Å²) in [6.45, 7) is 0.893. The fraction of sp³-hybridized carbons (Fsp3) is 0.368. The zero-order valence-corrected chi connectivity index (χ0v) is 14.3. The van der Waals surface area contributed by atoms with Crippen molar-refractivity contribution in [3.05, 3.63) is 70.6 Å². The lowest BCUT2D eigenvalue weighted by atomic mass is 9.83. The monoisotopic (exact) mass is 340 g/mol. The SMILES string of the molecule is ClC1=CC[C@@H]2C(=C1)CCc1cccnc1C2NCCc1cnc[nH]1. The van der Waals surface area contributed by atoms with Gasteiger partial charge in [0.1, 0.15) is 0 Å². The van der Waals surface area contributed by atoms with Gasteiger partial charge in [-0.2, -0.15) is 0 Å². The zero-order valence-electron chi connectivity index (χ0n) is 13.5. The van der Waals surface area contributed by atoms with E-state index in [1.807, 2.05) is 18.5 Å². The number of aryl methyl sites for hydroxylation is 1. The van der Waals surface area contributed by atoms with Crippen molar-refractivity contribution in [2.24, 2.45) is 5.92 Å². The van der Waals surface area contributed by atoms with Crippen LogP contribution in [0.5, 0.6) is 0 Å². The Morgan fingerprint density at radius 1 is 1.33 bits per heavy atom. The third kappa shape index (κ3) is 3.17. The van der Waals surface area contributed by atoms with E-state index >= 15 is 0 Å². The molecule has 0 bridgehead atoms. The Labute approximate surface area is 147 Å². The van der Waals surface area contributed by atoms with Crippen molar-refractivity contribution >= 4 is 11.6 Å². The molecule has 1 unspecified atom stereocenters. The molecule has 0 radical (unpaired) electrons. The number of allylic oxidation sites excluding steroid dienone is 3. The highest BCUT2D eigenvalue weighted by atomic mass is 35.5. The third-order valence-electron chi connectivity index (χ3n) is 4.99. The average molecular weight is 341 g/mol. The van der Waals surface area contributed by atoms with Crippen molar-refractivity contribution in [2.45, 2.75) is 31.7 Å². The Hall–Kier alpha value is -1.91. The molecule has 2 aromatic rings. The van der Waals surface area contributed by atoms with E-state index in [0.29, 0.717) is 5.92 Å². The second-order valence-corrected chi connectivity index (χ2v) is 6.89. The van der Waals surface area contributed by atoms with Crippen molar-refractivity contribution in [1.82, 2.24) is 20.3 Å². The molecule has 2 aliphatic carbocycles. The minimum atomic E-state index is 0.235. The van der Waals surface area contributed by atoms with E-state index in [9.17, 15) is 0 Å². The van der Waals surface area contributed by atoms with Gasteiger partial charge in [0.05, 0.1) is 18.1 Å². The van der Waals surface area contributed by atoms with Crippen molar-refractivity contribution < 1.29 is 0 Å². The smallest absolute Gasteiger partial charge is 0.0921 e. The minimum absolute atomic E-state index is 0.235. The number of imidazole rings is 1. The lowest BCUT2D eigenvalue weighted by molar-refractivity contribution is 0.397. The van der Waals surface area contributed by atoms with E-state index in [-0.39, 0.29) is 6.04 Å². The second kappa shape index (κ2) is 6.91. The molecule has 0 saturated heterocycles. The van der Waals surface area contributed by atoms with Crippen LogP contribution < -0.4 is 5.32 Å². The summed E-state index contributed by atoms with van der Waals surface area (Å²) < 4.78 is 0. The van der Waals surface area contributed by atoms with E-state index in [2.05, 4.69) is 33.5 Å². The van der Waals surface area contributed by atoms with Crippen LogP contribution in [0.2, 0.25) is 0 Å². The van der Waals surface area contributed by atoms with Gasteiger partial charge in [0.25, 0.3) is 0 Å². The molecule has 0 fully saturated rings. The molecular formula is C19H21ClN4. The van der Waals surface area contributed by atoms with Gasteiger partial charge in [0.2, 0.25) is 0 Å². The first-order valence-corrected chi connectivity index (χ1v) is 8.89. The molecule has 0 aliphatic heterocycles. The fourth-order valence-corrected chi connectivity index (χ4v) is 4.01. The summed E-state index contributed by atoms with van der Waals surface area (Å²) in [5.41, 5.74) is 5.14. The van der Waals surface area contributed by atoms with E-state index in [4.69, 9.17) is 16.6 Å². The van der Waals surface area contributed by atoms with Crippen LogP contribution in [0, 0.1) is 5.92 Å². The number of H-pyrrole nitrogens is 1. The van der Waals surface area contributed by atoms with E-state index in [1.54, 1.807) is 6.33 Å². The Balaban J connectivity index is 1.58. The molecule has 2 heterocycles. The largest absolute Gasteiger partial charge is 0.348 e. The highest BCUT2D eigenvalue weighted by Gasteiger charge is 2.32. The molecule has 2 N–H and O–H groups in total. The molecular weight excluding hydrogens is 320 g/mol. The molecule has 0 amide bonds. The summed E-state index contributed by atoms with van der Waals surface area (Å²) in [4.78, 5) is 12.0. The third-order valence-corrected chi connectivity index (χ3v) is 5.25. The summed E-state index contributed by atoms with van der Waals surface area (Å²) in [5.74, 6) is 0.436. The summed E-state index contributed by atoms with van der Waals surface area (Å²) in [6, 6.07) is 4.48. The maximum absolute atomic E-state index is 6.26. The number of hydrogen-bond acceptors (Lipinski definition) is 3. The summed E-state index contributed by atoms with van der Waals surface area (Å²) >= 11 is 6.26. The Bertz CT molecular complexity index is 763. The van der Waals surface area contributed by atoms with Crippen LogP contribution in [0.4, 0.5) is 0 Å². The average Bonchev–Trinajstić information content (AvgIpc) is 3.06. The first kappa shape index (κ1) is 15.6. The van der Waals surface area contributed by atoms with Gasteiger partial charge in [0, 0.05) is 42.0 Å². The van der Waals surface area contributed by atoms with Gasteiger partial charge >= 0.3 is 0 Å². The zero-order chi connectivity index (χ0) is 16.4. The molecule has 124 valence electrons. The van der Waals surface area contributed by atoms with Crippen molar-refractivity contribution in [2.75, 3.05) is 6.54 Å². The molecule has 2 aromatic heterocycles. The molecule has 4 nitrogen and oxygen atoms in total. The summed E-state index contributed by atoms with van der Waals surface area (Å²) in [5, 5.41) is 4.62. The lowest BCUT2D eigenvalue weighted by Gasteiger charge is -2.29. The first-order chi connectivity index (χ1) is 11.8. The van der Waals surface area contributed by atoms with Gasteiger partial charge in [-0.15, -0.1) is 0 Å². The number of halogens is 1. The van der Waals surface area contributed by atoms with Gasteiger partial charge in [0.15, 0.2) is 0 Å². The molecule has 2 aliphatic rings. The molecule has 2 atom stereocenters. The second-order valence-electron chi connectivity index (χ2n) is 6.46. The predicted molar refractivity (Wildman–Crippen MR) is 95.7 cm³/mol. The van der Waals surface area contributed by atoms with Gasteiger partial charge in [-0.1, -0.05) is 29.3 Å². The van der Waals surface area contributed by atoms with Crippen LogP contribution in [-0.4, -0.2) is 21.5 Å². The first-order valence-electron chi connectivity index (χ1n) is 8.52. The van der Waals surface area contributed by atoms with Crippen LogP contribution in [0.25, 0.3) is 0 Å². The summed E-state index contributed by atoms with van der Waals surface area (Å²) in [6.07, 6.45) is 13.8. The summed E-state index contributed by atoms with van der Waals surface area (Å²) in [7, 11) is 0. The molecule has 5 heteroatoms. The van der Waals surface area contributed by atoms with Crippen LogP contribution in [0.1, 0.15) is 35.8 Å². The van der Waals surface area contributed by atoms with Crippen molar-refractivity contribution in [1.29, 1.82) is 0 Å². The normalized spacial score (nSPS) is 22.9. The van der Waals surface area contributed by atoms with Crippen LogP contribution in [0.15, 0.2) is 53.6 Å². The standard InChI is InChI=1S/C19H21ClN4/c20-15-5-6-17-14(10-15)4-3-13-2-1-8-22-18(13)19(17)23-9-7-16-11-21-12-24-16/h1-2,5,8,10-12,17,19,23H,3-4,6-7,9H2,(H,21,24)/t17-,19?/m1/s1. The van der Waals surface area contributed by atoms with Crippen molar-refractivity contribution in [3.63, 3.8) is 0 Å². The number of aromatic amines is 1. The van der Waals surface area contributed by atoms with E-state index in [1.165, 1.54) is 16.8 Å². The van der Waals surface area contributed by atoms with Gasteiger partial charge < -0.3 is 10.3 Å². The topological polar surface area (TPSA) is 53.6 Å². The number of rotatable bonds is 4. The molecule has 24 heavy (non-hydrogen) atoms. The number of fused-ring (bicyclic) bond motifs is 2. The number of nitrogens with one attached hydrogen (secondary N) is 2. The molecule has 0 saturated carbocycles. The van der Waals surface area contributed by atoms with E-state index < -0.39 is 0 Å². The van der Waals surface area contributed by atoms with Gasteiger partial charge in [-0.25, -0.2) is 4.98 Å². The predicted octanol–water partition coefficient (Wildman–Crippen LogP) is 3.69. The highest BCUT2D eigenvalue weighted by molar-refractivity contribution is 6.31. The van der Waals surface area contributed by atoms with Crippen LogP contribution >= 0.6 is 11.6 Å². The fourth-order valence-electron chi connectivity index (χ4n) is 3.78. The Morgan fingerprint density at radius 2 is 2.29 bits per heavy atom. The van der Waals surface area contributed by atoms with E-state index in [0.717, 1.165) is 43.0 Å². The number of aromatic nitrogens is 3. The lowest BCUT2D eigenvalue weighted by Crippen LogP contribution is -2.32. The Kier molecular flexibility index (Phi) is 4.50. The quantitative estimate of drug-likeness (QED) is 0.892. The maximum Gasteiger partial charge on any atom is 0.0921 e. The molecule has 4 rings (SSSR count). The number of hydrogen-bond donors (Lipinski definition) is 2. The van der Waals surface area contributed by atoms with Crippen molar-refractivity contribution in [3.8, 4) is 0 Å². The van der Waals surface area contributed by atoms with Crippen LogP contribution in [0.3, 0.4) is 0 Å². The molecule has 0 spiro atoms. The van der Waals surface area contributed by atoms with Gasteiger partial charge in [-0.05, 0) is 37.0 Å². The Morgan fingerprint density at radius 3 is 3.17 bits per heavy atom. The minimum Gasteiger partial charge on any atom is -0.348 e. The number of nitrogens with zero attached hydrogens (tertiary/aromatic N) is 2. The number of pyridine rings is 1. The highest BCUT2D eigenvalue weighted by Crippen LogP contribution is 2.40. The maximum atomic E-state index is 6.26.